The normalized spacial score (nSPS) is 26.0. The van der Waals surface area contributed by atoms with E-state index >= 15 is 0 Å². The molecule has 3 aliphatic rings. The molecule has 10 heteroatoms. The third kappa shape index (κ3) is 4.00. The summed E-state index contributed by atoms with van der Waals surface area (Å²) in [7, 11) is 0. The Bertz CT molecular complexity index is 1040. The number of nitrogens with one attached hydrogen (secondary N) is 2. The molecule has 2 aromatic heterocycles. The Hall–Kier alpha value is -2.50. The second-order valence-corrected chi connectivity index (χ2v) is 8.35. The van der Waals surface area contributed by atoms with E-state index in [4.69, 9.17) is 0 Å². The van der Waals surface area contributed by atoms with Gasteiger partial charge in [0.2, 0.25) is 11.8 Å². The molecule has 1 saturated heterocycles. The first-order valence-electron chi connectivity index (χ1n) is 11.0. The summed E-state index contributed by atoms with van der Waals surface area (Å²) >= 11 is 0. The lowest BCUT2D eigenvalue weighted by Crippen LogP contribution is -2.40. The lowest BCUT2D eigenvalue weighted by Gasteiger charge is -2.18. The van der Waals surface area contributed by atoms with Gasteiger partial charge in [0.1, 0.15) is 6.54 Å². The van der Waals surface area contributed by atoms with Crippen LogP contribution in [0.4, 0.5) is 0 Å². The number of fused-ring (bicyclic) bond motifs is 6. The fourth-order valence-corrected chi connectivity index (χ4v) is 5.12. The SMILES string of the molecule is CCNC(=NCc1nnc2ccccn12)NCCCN1C(=O)C2C3C=CC(C3)C2C1=O.I. The number of hydrogen-bond donors (Lipinski definition) is 2. The highest BCUT2D eigenvalue weighted by atomic mass is 127. The average Bonchev–Trinajstić information content (AvgIpc) is 3.54. The van der Waals surface area contributed by atoms with E-state index in [9.17, 15) is 9.59 Å². The number of guanidine groups is 1. The molecule has 2 amide bonds. The maximum Gasteiger partial charge on any atom is 0.233 e. The van der Waals surface area contributed by atoms with Crippen molar-refractivity contribution >= 4 is 47.4 Å². The van der Waals surface area contributed by atoms with Crippen LogP contribution in [0.3, 0.4) is 0 Å². The number of allylic oxidation sites excluding steroid dienone is 2. The van der Waals surface area contributed by atoms with E-state index in [1.807, 2.05) is 35.7 Å². The van der Waals surface area contributed by atoms with E-state index in [0.29, 0.717) is 32.0 Å². The number of pyridine rings is 1. The molecule has 1 saturated carbocycles. The van der Waals surface area contributed by atoms with Gasteiger partial charge >= 0.3 is 0 Å². The van der Waals surface area contributed by atoms with E-state index in [1.54, 1.807) is 0 Å². The van der Waals surface area contributed by atoms with Gasteiger partial charge in [0.25, 0.3) is 0 Å². The van der Waals surface area contributed by atoms with Gasteiger partial charge in [-0.1, -0.05) is 18.2 Å². The van der Waals surface area contributed by atoms with Crippen molar-refractivity contribution in [3.05, 3.63) is 42.4 Å². The molecule has 2 N–H and O–H groups in total. The largest absolute Gasteiger partial charge is 0.357 e. The van der Waals surface area contributed by atoms with Crippen LogP contribution in [-0.4, -0.2) is 56.9 Å². The van der Waals surface area contributed by atoms with E-state index in [-0.39, 0.29) is 59.5 Å². The summed E-state index contributed by atoms with van der Waals surface area (Å²) in [5, 5.41) is 14.8. The Kier molecular flexibility index (Phi) is 6.77. The van der Waals surface area contributed by atoms with E-state index in [0.717, 1.165) is 24.4 Å². The first-order valence-corrected chi connectivity index (χ1v) is 11.0. The Morgan fingerprint density at radius 3 is 2.59 bits per heavy atom. The van der Waals surface area contributed by atoms with Crippen molar-refractivity contribution < 1.29 is 9.59 Å². The average molecular weight is 549 g/mol. The van der Waals surface area contributed by atoms with Gasteiger partial charge in [-0.2, -0.15) is 0 Å². The minimum atomic E-state index is -0.118. The highest BCUT2D eigenvalue weighted by Crippen LogP contribution is 2.52. The second kappa shape index (κ2) is 9.55. The van der Waals surface area contributed by atoms with Gasteiger partial charge in [-0.05, 0) is 43.7 Å². The number of rotatable bonds is 7. The highest BCUT2D eigenvalue weighted by Gasteiger charge is 2.58. The number of amides is 2. The summed E-state index contributed by atoms with van der Waals surface area (Å²) in [5.41, 5.74) is 0.791. The molecule has 2 aliphatic carbocycles. The molecule has 9 nitrogen and oxygen atoms in total. The lowest BCUT2D eigenvalue weighted by atomic mass is 9.85. The van der Waals surface area contributed by atoms with Gasteiger partial charge in [-0.3, -0.25) is 18.9 Å². The molecule has 2 aromatic rings. The van der Waals surface area contributed by atoms with Gasteiger partial charge < -0.3 is 10.6 Å². The summed E-state index contributed by atoms with van der Waals surface area (Å²) in [5.74, 6) is 1.76. The third-order valence-electron chi connectivity index (χ3n) is 6.52. The van der Waals surface area contributed by atoms with Gasteiger partial charge in [0.05, 0.1) is 11.8 Å². The topological polar surface area (TPSA) is 104 Å². The van der Waals surface area contributed by atoms with Crippen molar-refractivity contribution in [2.24, 2.45) is 28.7 Å². The first kappa shape index (κ1) is 22.7. The zero-order chi connectivity index (χ0) is 21.4. The minimum Gasteiger partial charge on any atom is -0.357 e. The molecule has 2 fully saturated rings. The second-order valence-electron chi connectivity index (χ2n) is 8.35. The predicted octanol–water partition coefficient (Wildman–Crippen LogP) is 1.60. The molecule has 32 heavy (non-hydrogen) atoms. The Morgan fingerprint density at radius 2 is 1.88 bits per heavy atom. The predicted molar refractivity (Wildman–Crippen MR) is 130 cm³/mol. The standard InChI is InChI=1S/C22H27N7O2.HI/c1-2-23-22(25-13-17-27-26-16-6-3-4-10-28(16)17)24-9-5-11-29-20(30)18-14-7-8-15(12-14)19(18)21(29)31;/h3-4,6-8,10,14-15,18-19H,2,5,9,11-13H2,1H3,(H2,23,24,25);1H. The summed E-state index contributed by atoms with van der Waals surface area (Å²) in [6, 6.07) is 5.76. The molecule has 4 atom stereocenters. The molecular weight excluding hydrogens is 521 g/mol. The van der Waals surface area contributed by atoms with Crippen LogP contribution in [0.15, 0.2) is 41.5 Å². The summed E-state index contributed by atoms with van der Waals surface area (Å²) in [6.07, 6.45) is 7.81. The summed E-state index contributed by atoms with van der Waals surface area (Å²) in [4.78, 5) is 31.6. The first-order chi connectivity index (χ1) is 15.2. The fraction of sp³-hybridized carbons (Fsp3) is 0.500. The number of aromatic nitrogens is 3. The number of halogens is 1. The number of hydrogen-bond acceptors (Lipinski definition) is 5. The van der Waals surface area contributed by atoms with Crippen molar-refractivity contribution in [2.45, 2.75) is 26.3 Å². The fourth-order valence-electron chi connectivity index (χ4n) is 5.12. The Labute approximate surface area is 203 Å². The van der Waals surface area contributed by atoms with Crippen LogP contribution in [0, 0.1) is 23.7 Å². The summed E-state index contributed by atoms with van der Waals surface area (Å²) < 4.78 is 1.91. The zero-order valence-corrected chi connectivity index (χ0v) is 20.3. The quantitative estimate of drug-likeness (QED) is 0.136. The zero-order valence-electron chi connectivity index (χ0n) is 18.0. The number of likely N-dealkylation sites (tertiary alicyclic amines) is 1. The van der Waals surface area contributed by atoms with E-state index < -0.39 is 0 Å². The molecule has 0 radical (unpaired) electrons. The highest BCUT2D eigenvalue weighted by molar-refractivity contribution is 14.0. The van der Waals surface area contributed by atoms with Crippen molar-refractivity contribution in [3.63, 3.8) is 0 Å². The number of imide groups is 1. The number of carbonyl (C=O) groups is 2. The van der Waals surface area contributed by atoms with Crippen molar-refractivity contribution in [3.8, 4) is 0 Å². The lowest BCUT2D eigenvalue weighted by molar-refractivity contribution is -0.140. The molecule has 0 spiro atoms. The molecular formula is C22H28IN7O2. The van der Waals surface area contributed by atoms with Crippen molar-refractivity contribution in [1.82, 2.24) is 30.1 Å². The molecule has 170 valence electrons. The van der Waals surface area contributed by atoms with Crippen LogP contribution in [0.1, 0.15) is 25.6 Å². The van der Waals surface area contributed by atoms with Crippen LogP contribution < -0.4 is 10.6 Å². The van der Waals surface area contributed by atoms with E-state index in [2.05, 4.69) is 38.0 Å². The van der Waals surface area contributed by atoms with E-state index in [1.165, 1.54) is 4.90 Å². The van der Waals surface area contributed by atoms with Crippen LogP contribution >= 0.6 is 24.0 Å². The monoisotopic (exact) mass is 549 g/mol. The van der Waals surface area contributed by atoms with Gasteiger partial charge in [-0.15, -0.1) is 34.2 Å². The number of carbonyl (C=O) groups excluding carboxylic acids is 2. The smallest absolute Gasteiger partial charge is 0.233 e. The Balaban J connectivity index is 0.00000245. The van der Waals surface area contributed by atoms with Crippen LogP contribution in [0.2, 0.25) is 0 Å². The third-order valence-corrected chi connectivity index (χ3v) is 6.52. The molecule has 1 aliphatic heterocycles. The summed E-state index contributed by atoms with van der Waals surface area (Å²) in [6.45, 7) is 4.19. The van der Waals surface area contributed by atoms with Crippen LogP contribution in [0.5, 0.6) is 0 Å². The molecule has 5 rings (SSSR count). The molecule has 2 bridgehead atoms. The minimum absolute atomic E-state index is 0. The van der Waals surface area contributed by atoms with Crippen LogP contribution in [-0.2, 0) is 16.1 Å². The number of aliphatic imine (C=N–C) groups is 1. The molecule has 4 unspecified atom stereocenters. The molecule has 0 aromatic carbocycles. The van der Waals surface area contributed by atoms with Gasteiger partial charge in [-0.25, -0.2) is 4.99 Å². The number of nitrogens with zero attached hydrogens (tertiary/aromatic N) is 5. The van der Waals surface area contributed by atoms with Crippen LogP contribution in [0.25, 0.3) is 5.65 Å². The Morgan fingerprint density at radius 1 is 1.12 bits per heavy atom. The maximum atomic E-state index is 12.8. The maximum absolute atomic E-state index is 12.8. The van der Waals surface area contributed by atoms with Crippen molar-refractivity contribution in [2.75, 3.05) is 19.6 Å². The molecule has 3 heterocycles. The van der Waals surface area contributed by atoms with Gasteiger partial charge in [0.15, 0.2) is 17.4 Å². The van der Waals surface area contributed by atoms with Gasteiger partial charge in [0, 0.05) is 25.8 Å². The van der Waals surface area contributed by atoms with Crippen molar-refractivity contribution in [1.29, 1.82) is 0 Å².